The molecule has 0 amide bonds. The molecule has 0 aliphatic heterocycles. The summed E-state index contributed by atoms with van der Waals surface area (Å²) in [5.74, 6) is 1.27. The molecular weight excluding hydrogens is 250 g/mol. The molecule has 1 unspecified atom stereocenters. The second kappa shape index (κ2) is 5.44. The number of nitrogens with zero attached hydrogens (tertiary/aromatic N) is 1. The Morgan fingerprint density at radius 3 is 2.83 bits per heavy atom. The van der Waals surface area contributed by atoms with Crippen LogP contribution in [0.25, 0.3) is 10.9 Å². The zero-order chi connectivity index (χ0) is 13.1. The van der Waals surface area contributed by atoms with Crippen molar-refractivity contribution in [2.75, 3.05) is 7.11 Å². The van der Waals surface area contributed by atoms with E-state index >= 15 is 0 Å². The van der Waals surface area contributed by atoms with Gasteiger partial charge >= 0.3 is 0 Å². The van der Waals surface area contributed by atoms with Crippen molar-refractivity contribution in [3.63, 3.8) is 0 Å². The smallest absolute Gasteiger partial charge is 0.217 e. The Bertz CT molecular complexity index is 557. The molecule has 1 atom stereocenters. The van der Waals surface area contributed by atoms with Crippen molar-refractivity contribution in [2.24, 2.45) is 0 Å². The number of hydrogen-bond donors (Lipinski definition) is 0. The fourth-order valence-corrected chi connectivity index (χ4v) is 1.88. The van der Waals surface area contributed by atoms with Crippen LogP contribution >= 0.6 is 11.6 Å². The first-order valence-electron chi connectivity index (χ1n) is 5.95. The monoisotopic (exact) mass is 265 g/mol. The van der Waals surface area contributed by atoms with E-state index in [1.165, 1.54) is 0 Å². The zero-order valence-electron chi connectivity index (χ0n) is 10.7. The van der Waals surface area contributed by atoms with Crippen molar-refractivity contribution in [3.8, 4) is 11.6 Å². The molecule has 0 saturated heterocycles. The van der Waals surface area contributed by atoms with E-state index in [0.29, 0.717) is 16.4 Å². The molecule has 0 N–H and O–H groups in total. The minimum Gasteiger partial charge on any atom is -0.490 e. The van der Waals surface area contributed by atoms with E-state index in [0.717, 1.165) is 17.6 Å². The van der Waals surface area contributed by atoms with Crippen molar-refractivity contribution in [3.05, 3.63) is 29.3 Å². The van der Waals surface area contributed by atoms with Gasteiger partial charge in [0.15, 0.2) is 0 Å². The Kier molecular flexibility index (Phi) is 3.92. The van der Waals surface area contributed by atoms with Gasteiger partial charge in [0.05, 0.1) is 23.8 Å². The number of rotatable bonds is 4. The molecule has 0 radical (unpaired) electrons. The van der Waals surface area contributed by atoms with Crippen LogP contribution in [0.1, 0.15) is 20.3 Å². The fourth-order valence-electron chi connectivity index (χ4n) is 1.66. The lowest BCUT2D eigenvalue weighted by Gasteiger charge is -2.15. The Morgan fingerprint density at radius 2 is 2.17 bits per heavy atom. The number of fused-ring (bicyclic) bond motifs is 1. The molecule has 2 aromatic rings. The minimum absolute atomic E-state index is 0.138. The third-order valence-electron chi connectivity index (χ3n) is 2.84. The summed E-state index contributed by atoms with van der Waals surface area (Å²) in [6, 6.07) is 7.45. The van der Waals surface area contributed by atoms with Crippen molar-refractivity contribution in [1.82, 2.24) is 4.98 Å². The number of benzene rings is 1. The third kappa shape index (κ3) is 2.51. The van der Waals surface area contributed by atoms with E-state index in [1.54, 1.807) is 13.2 Å². The Morgan fingerprint density at radius 1 is 1.39 bits per heavy atom. The quantitative estimate of drug-likeness (QED) is 0.835. The highest BCUT2D eigenvalue weighted by atomic mass is 35.5. The summed E-state index contributed by atoms with van der Waals surface area (Å²) < 4.78 is 11.1. The molecule has 0 aliphatic rings. The summed E-state index contributed by atoms with van der Waals surface area (Å²) in [7, 11) is 1.58. The maximum atomic E-state index is 6.15. The van der Waals surface area contributed by atoms with E-state index in [-0.39, 0.29) is 6.10 Å². The summed E-state index contributed by atoms with van der Waals surface area (Å²) in [4.78, 5) is 4.35. The van der Waals surface area contributed by atoms with Crippen molar-refractivity contribution < 1.29 is 9.47 Å². The third-order valence-corrected chi connectivity index (χ3v) is 3.15. The molecule has 0 saturated carbocycles. The number of para-hydroxylation sites is 1. The number of hydrogen-bond acceptors (Lipinski definition) is 3. The van der Waals surface area contributed by atoms with E-state index in [4.69, 9.17) is 21.1 Å². The van der Waals surface area contributed by atoms with Crippen LogP contribution in [0.15, 0.2) is 24.3 Å². The topological polar surface area (TPSA) is 31.4 Å². The molecule has 4 heteroatoms. The van der Waals surface area contributed by atoms with Gasteiger partial charge in [-0.25, -0.2) is 4.98 Å². The highest BCUT2D eigenvalue weighted by Crippen LogP contribution is 2.33. The van der Waals surface area contributed by atoms with Crippen molar-refractivity contribution in [1.29, 1.82) is 0 Å². The lowest BCUT2D eigenvalue weighted by atomic mass is 10.2. The van der Waals surface area contributed by atoms with Gasteiger partial charge in [0.2, 0.25) is 5.88 Å². The van der Waals surface area contributed by atoms with Gasteiger partial charge in [0.1, 0.15) is 5.75 Å². The lowest BCUT2D eigenvalue weighted by molar-refractivity contribution is 0.219. The van der Waals surface area contributed by atoms with Crippen LogP contribution in [-0.4, -0.2) is 18.2 Å². The normalized spacial score (nSPS) is 12.4. The second-order valence-corrected chi connectivity index (χ2v) is 4.54. The summed E-state index contributed by atoms with van der Waals surface area (Å²) in [5.41, 5.74) is 0.705. The lowest BCUT2D eigenvalue weighted by Crippen LogP contribution is -2.10. The van der Waals surface area contributed by atoms with Crippen molar-refractivity contribution in [2.45, 2.75) is 26.4 Å². The molecular formula is C14H16ClNO2. The molecule has 1 heterocycles. The summed E-state index contributed by atoms with van der Waals surface area (Å²) in [6.07, 6.45) is 1.08. The molecule has 1 aromatic carbocycles. The molecule has 1 aromatic heterocycles. The van der Waals surface area contributed by atoms with Gasteiger partial charge in [0, 0.05) is 11.5 Å². The zero-order valence-corrected chi connectivity index (χ0v) is 11.5. The SMILES string of the molecule is CCC(C)Oc1cc(OC)nc2c(Cl)cccc12. The van der Waals surface area contributed by atoms with Gasteiger partial charge in [-0.1, -0.05) is 24.6 Å². The Balaban J connectivity index is 2.59. The molecule has 0 aliphatic carbocycles. The van der Waals surface area contributed by atoms with Crippen LogP contribution in [0, 0.1) is 0 Å². The summed E-state index contributed by atoms with van der Waals surface area (Å²) in [6.45, 7) is 4.11. The maximum absolute atomic E-state index is 6.15. The molecule has 3 nitrogen and oxygen atoms in total. The van der Waals surface area contributed by atoms with E-state index in [2.05, 4.69) is 11.9 Å². The first-order valence-corrected chi connectivity index (χ1v) is 6.33. The predicted octanol–water partition coefficient (Wildman–Crippen LogP) is 4.07. The van der Waals surface area contributed by atoms with Crippen LogP contribution < -0.4 is 9.47 Å². The highest BCUT2D eigenvalue weighted by molar-refractivity contribution is 6.35. The van der Waals surface area contributed by atoms with Gasteiger partial charge in [-0.3, -0.25) is 0 Å². The second-order valence-electron chi connectivity index (χ2n) is 4.14. The molecule has 18 heavy (non-hydrogen) atoms. The van der Waals surface area contributed by atoms with Crippen molar-refractivity contribution >= 4 is 22.5 Å². The van der Waals surface area contributed by atoms with E-state index in [1.807, 2.05) is 25.1 Å². The summed E-state index contributed by atoms with van der Waals surface area (Å²) >= 11 is 6.15. The maximum Gasteiger partial charge on any atom is 0.217 e. The van der Waals surface area contributed by atoms with Crippen LogP contribution in [-0.2, 0) is 0 Å². The van der Waals surface area contributed by atoms with Crippen LogP contribution in [0.5, 0.6) is 11.6 Å². The van der Waals surface area contributed by atoms with Crippen LogP contribution in [0.3, 0.4) is 0 Å². The Labute approximate surface area is 112 Å². The number of aromatic nitrogens is 1. The number of methoxy groups -OCH3 is 1. The first-order chi connectivity index (χ1) is 8.65. The van der Waals surface area contributed by atoms with Gasteiger partial charge in [-0.2, -0.15) is 0 Å². The van der Waals surface area contributed by atoms with Gasteiger partial charge in [-0.05, 0) is 25.5 Å². The van der Waals surface area contributed by atoms with Gasteiger partial charge in [0.25, 0.3) is 0 Å². The van der Waals surface area contributed by atoms with Crippen LogP contribution in [0.4, 0.5) is 0 Å². The molecule has 96 valence electrons. The minimum atomic E-state index is 0.138. The average Bonchev–Trinajstić information content (AvgIpc) is 2.39. The predicted molar refractivity (Wildman–Crippen MR) is 73.7 cm³/mol. The van der Waals surface area contributed by atoms with E-state index in [9.17, 15) is 0 Å². The molecule has 0 bridgehead atoms. The first kappa shape index (κ1) is 13.0. The molecule has 2 rings (SSSR count). The molecule has 0 spiro atoms. The number of ether oxygens (including phenoxy) is 2. The number of halogens is 1. The largest absolute Gasteiger partial charge is 0.490 e. The Hall–Kier alpha value is -1.48. The highest BCUT2D eigenvalue weighted by Gasteiger charge is 2.11. The summed E-state index contributed by atoms with van der Waals surface area (Å²) in [5, 5.41) is 1.50. The van der Waals surface area contributed by atoms with Crippen LogP contribution in [0.2, 0.25) is 5.02 Å². The fraction of sp³-hybridized carbons (Fsp3) is 0.357. The van der Waals surface area contributed by atoms with Gasteiger partial charge < -0.3 is 9.47 Å². The van der Waals surface area contributed by atoms with Gasteiger partial charge in [-0.15, -0.1) is 0 Å². The standard InChI is InChI=1S/C14H16ClNO2/c1-4-9(2)18-12-8-13(17-3)16-14-10(12)6-5-7-11(14)15/h5-9H,4H2,1-3H3. The average molecular weight is 266 g/mol. The van der Waals surface area contributed by atoms with E-state index < -0.39 is 0 Å². The number of pyridine rings is 1. The molecule has 0 fully saturated rings.